The average Bonchev–Trinajstić information content (AvgIpc) is 2.19. The SMILES string of the molecule is CC(CCCCO)N1CCOCC1. The summed E-state index contributed by atoms with van der Waals surface area (Å²) in [7, 11) is 0. The van der Waals surface area contributed by atoms with Gasteiger partial charge in [-0.1, -0.05) is 0 Å². The van der Waals surface area contributed by atoms with Crippen molar-refractivity contribution < 1.29 is 9.84 Å². The van der Waals surface area contributed by atoms with E-state index in [2.05, 4.69) is 11.8 Å². The average molecular weight is 187 g/mol. The van der Waals surface area contributed by atoms with E-state index < -0.39 is 0 Å². The molecule has 1 saturated heterocycles. The second-order valence-corrected chi connectivity index (χ2v) is 3.72. The second-order valence-electron chi connectivity index (χ2n) is 3.72. The van der Waals surface area contributed by atoms with E-state index in [1.165, 1.54) is 6.42 Å². The molecule has 0 radical (unpaired) electrons. The van der Waals surface area contributed by atoms with Gasteiger partial charge in [0.15, 0.2) is 0 Å². The first-order chi connectivity index (χ1) is 6.34. The smallest absolute Gasteiger partial charge is 0.0594 e. The highest BCUT2D eigenvalue weighted by atomic mass is 16.5. The summed E-state index contributed by atoms with van der Waals surface area (Å²) in [5, 5.41) is 8.66. The molecule has 3 heteroatoms. The van der Waals surface area contributed by atoms with Crippen LogP contribution in [-0.2, 0) is 4.74 Å². The van der Waals surface area contributed by atoms with E-state index in [1.807, 2.05) is 0 Å². The molecule has 0 aromatic carbocycles. The van der Waals surface area contributed by atoms with E-state index in [9.17, 15) is 0 Å². The van der Waals surface area contributed by atoms with Crippen LogP contribution in [0.15, 0.2) is 0 Å². The lowest BCUT2D eigenvalue weighted by atomic mass is 10.1. The number of hydrogen-bond acceptors (Lipinski definition) is 3. The van der Waals surface area contributed by atoms with Gasteiger partial charge in [0.2, 0.25) is 0 Å². The molecular weight excluding hydrogens is 166 g/mol. The molecule has 0 bridgehead atoms. The molecule has 0 aromatic rings. The van der Waals surface area contributed by atoms with Crippen molar-refractivity contribution in [2.24, 2.45) is 0 Å². The molecule has 0 spiro atoms. The van der Waals surface area contributed by atoms with Crippen LogP contribution in [0.5, 0.6) is 0 Å². The zero-order valence-electron chi connectivity index (χ0n) is 8.54. The first-order valence-electron chi connectivity index (χ1n) is 5.27. The van der Waals surface area contributed by atoms with Crippen LogP contribution in [0.2, 0.25) is 0 Å². The summed E-state index contributed by atoms with van der Waals surface area (Å²) in [4.78, 5) is 2.47. The largest absolute Gasteiger partial charge is 0.396 e. The zero-order chi connectivity index (χ0) is 9.52. The highest BCUT2D eigenvalue weighted by Gasteiger charge is 2.15. The molecule has 1 atom stereocenters. The Kier molecular flexibility index (Phi) is 5.35. The maximum absolute atomic E-state index is 8.66. The fourth-order valence-electron chi connectivity index (χ4n) is 1.75. The number of nitrogens with zero attached hydrogens (tertiary/aromatic N) is 1. The summed E-state index contributed by atoms with van der Waals surface area (Å²) in [5.74, 6) is 0. The van der Waals surface area contributed by atoms with Crippen LogP contribution in [0, 0.1) is 0 Å². The maximum Gasteiger partial charge on any atom is 0.0594 e. The van der Waals surface area contributed by atoms with Gasteiger partial charge in [-0.15, -0.1) is 0 Å². The minimum absolute atomic E-state index is 0.329. The molecule has 0 saturated carbocycles. The third-order valence-corrected chi connectivity index (χ3v) is 2.70. The van der Waals surface area contributed by atoms with E-state index in [1.54, 1.807) is 0 Å². The molecule has 13 heavy (non-hydrogen) atoms. The molecule has 1 aliphatic heterocycles. The Balaban J connectivity index is 2.09. The van der Waals surface area contributed by atoms with Crippen molar-refractivity contribution in [3.63, 3.8) is 0 Å². The topological polar surface area (TPSA) is 32.7 Å². The van der Waals surface area contributed by atoms with Crippen molar-refractivity contribution in [1.29, 1.82) is 0 Å². The molecular formula is C10H21NO2. The number of morpholine rings is 1. The normalized spacial score (nSPS) is 21.7. The van der Waals surface area contributed by atoms with Gasteiger partial charge < -0.3 is 9.84 Å². The highest BCUT2D eigenvalue weighted by molar-refractivity contribution is 4.69. The Labute approximate surface area is 80.7 Å². The van der Waals surface area contributed by atoms with Crippen molar-refractivity contribution >= 4 is 0 Å². The number of aliphatic hydroxyl groups is 1. The molecule has 0 aliphatic carbocycles. The van der Waals surface area contributed by atoms with Crippen molar-refractivity contribution in [3.05, 3.63) is 0 Å². The van der Waals surface area contributed by atoms with Crippen molar-refractivity contribution in [1.82, 2.24) is 4.90 Å². The molecule has 1 rings (SSSR count). The van der Waals surface area contributed by atoms with Crippen LogP contribution in [0.3, 0.4) is 0 Å². The van der Waals surface area contributed by atoms with Gasteiger partial charge in [0.25, 0.3) is 0 Å². The van der Waals surface area contributed by atoms with Crippen molar-refractivity contribution in [3.8, 4) is 0 Å². The van der Waals surface area contributed by atoms with Gasteiger partial charge in [0, 0.05) is 25.7 Å². The van der Waals surface area contributed by atoms with Crippen molar-refractivity contribution in [2.45, 2.75) is 32.2 Å². The number of aliphatic hydroxyl groups excluding tert-OH is 1. The summed E-state index contributed by atoms with van der Waals surface area (Å²) in [5.41, 5.74) is 0. The lowest BCUT2D eigenvalue weighted by Gasteiger charge is -2.32. The minimum atomic E-state index is 0.329. The molecule has 0 aromatic heterocycles. The van der Waals surface area contributed by atoms with Crippen LogP contribution in [0.1, 0.15) is 26.2 Å². The zero-order valence-corrected chi connectivity index (χ0v) is 8.54. The maximum atomic E-state index is 8.66. The van der Waals surface area contributed by atoms with Crippen molar-refractivity contribution in [2.75, 3.05) is 32.9 Å². The van der Waals surface area contributed by atoms with Gasteiger partial charge in [-0.3, -0.25) is 4.90 Å². The van der Waals surface area contributed by atoms with Gasteiger partial charge in [0.05, 0.1) is 13.2 Å². The highest BCUT2D eigenvalue weighted by Crippen LogP contribution is 2.09. The predicted molar refractivity (Wildman–Crippen MR) is 52.8 cm³/mol. The van der Waals surface area contributed by atoms with Crippen LogP contribution >= 0.6 is 0 Å². The predicted octanol–water partition coefficient (Wildman–Crippen LogP) is 0.870. The summed E-state index contributed by atoms with van der Waals surface area (Å²) in [6.07, 6.45) is 3.27. The van der Waals surface area contributed by atoms with Crippen LogP contribution in [0.25, 0.3) is 0 Å². The summed E-state index contributed by atoms with van der Waals surface area (Å²) < 4.78 is 5.29. The van der Waals surface area contributed by atoms with Crippen LogP contribution in [-0.4, -0.2) is 49.0 Å². The Bertz CT molecular complexity index is 124. The summed E-state index contributed by atoms with van der Waals surface area (Å²) in [6, 6.07) is 0.649. The van der Waals surface area contributed by atoms with Crippen LogP contribution < -0.4 is 0 Å². The molecule has 78 valence electrons. The van der Waals surface area contributed by atoms with Gasteiger partial charge in [-0.25, -0.2) is 0 Å². The fraction of sp³-hybridized carbons (Fsp3) is 1.00. The number of rotatable bonds is 5. The monoisotopic (exact) mass is 187 g/mol. The van der Waals surface area contributed by atoms with E-state index in [4.69, 9.17) is 9.84 Å². The second kappa shape index (κ2) is 6.35. The van der Waals surface area contributed by atoms with Gasteiger partial charge in [0.1, 0.15) is 0 Å². The summed E-state index contributed by atoms with van der Waals surface area (Å²) in [6.45, 7) is 6.49. The number of hydrogen-bond donors (Lipinski definition) is 1. The third-order valence-electron chi connectivity index (χ3n) is 2.70. The molecule has 1 heterocycles. The number of ether oxygens (including phenoxy) is 1. The summed E-state index contributed by atoms with van der Waals surface area (Å²) >= 11 is 0. The standard InChI is InChI=1S/C10H21NO2/c1-10(4-2-3-7-12)11-5-8-13-9-6-11/h10,12H,2-9H2,1H3. The Morgan fingerprint density at radius 2 is 2.00 bits per heavy atom. The van der Waals surface area contributed by atoms with Crippen LogP contribution in [0.4, 0.5) is 0 Å². The lowest BCUT2D eigenvalue weighted by Crippen LogP contribution is -2.42. The van der Waals surface area contributed by atoms with E-state index in [0.29, 0.717) is 12.6 Å². The molecule has 1 aliphatic rings. The molecule has 1 fully saturated rings. The van der Waals surface area contributed by atoms with E-state index in [-0.39, 0.29) is 0 Å². The fourth-order valence-corrected chi connectivity index (χ4v) is 1.75. The minimum Gasteiger partial charge on any atom is -0.396 e. The molecule has 1 N–H and O–H groups in total. The number of unbranched alkanes of at least 4 members (excludes halogenated alkanes) is 1. The Morgan fingerprint density at radius 1 is 1.31 bits per heavy atom. The molecule has 0 amide bonds. The van der Waals surface area contributed by atoms with E-state index in [0.717, 1.165) is 39.1 Å². The molecule has 3 nitrogen and oxygen atoms in total. The van der Waals surface area contributed by atoms with Gasteiger partial charge >= 0.3 is 0 Å². The Morgan fingerprint density at radius 3 is 2.62 bits per heavy atom. The third kappa shape index (κ3) is 4.07. The first kappa shape index (κ1) is 11.0. The van der Waals surface area contributed by atoms with Gasteiger partial charge in [-0.05, 0) is 26.2 Å². The lowest BCUT2D eigenvalue weighted by molar-refractivity contribution is 0.0180. The quantitative estimate of drug-likeness (QED) is 0.648. The van der Waals surface area contributed by atoms with E-state index >= 15 is 0 Å². The molecule has 1 unspecified atom stereocenters. The Hall–Kier alpha value is -0.120. The van der Waals surface area contributed by atoms with Gasteiger partial charge in [-0.2, -0.15) is 0 Å². The first-order valence-corrected chi connectivity index (χ1v) is 5.27.